The Balaban J connectivity index is 1.94. The van der Waals surface area contributed by atoms with E-state index in [1.165, 1.54) is 24.3 Å². The molecule has 2 unspecified atom stereocenters. The number of thioether (sulfide) groups is 1. The summed E-state index contributed by atoms with van der Waals surface area (Å²) in [4.78, 5) is 12.0. The average Bonchev–Trinajstić information content (AvgIpc) is 2.73. The second-order valence-corrected chi connectivity index (χ2v) is 5.66. The fraction of sp³-hybridized carbons (Fsp3) is 0.417. The van der Waals surface area contributed by atoms with Gasteiger partial charge in [-0.2, -0.15) is 13.2 Å². The Hall–Kier alpha value is -1.25. The molecule has 0 bridgehead atoms. The quantitative estimate of drug-likeness (QED) is 0.750. The van der Waals surface area contributed by atoms with Crippen molar-refractivity contribution in [3.05, 3.63) is 29.8 Å². The predicted molar refractivity (Wildman–Crippen MR) is 70.0 cm³/mol. The van der Waals surface area contributed by atoms with Crippen molar-refractivity contribution in [2.75, 3.05) is 0 Å². The fourth-order valence-corrected chi connectivity index (χ4v) is 2.40. The van der Waals surface area contributed by atoms with Crippen LogP contribution in [-0.4, -0.2) is 23.6 Å². The first-order valence-electron chi connectivity index (χ1n) is 6.01. The second kappa shape index (κ2) is 6.02. The van der Waals surface area contributed by atoms with E-state index in [4.69, 9.17) is 0 Å². The van der Waals surface area contributed by atoms with Crippen LogP contribution in [0.25, 0.3) is 0 Å². The number of hydrogen-bond acceptors (Lipinski definition) is 4. The normalized spacial score (nSPS) is 22.8. The third kappa shape index (κ3) is 4.39. The van der Waals surface area contributed by atoms with Gasteiger partial charge in [0.25, 0.3) is 5.91 Å². The summed E-state index contributed by atoms with van der Waals surface area (Å²) < 4.78 is 36.5. The third-order valence-electron chi connectivity index (χ3n) is 2.75. The Bertz CT molecular complexity index is 478. The minimum atomic E-state index is -4.32. The zero-order valence-corrected chi connectivity index (χ0v) is 11.4. The topological polar surface area (TPSA) is 53.2 Å². The van der Waals surface area contributed by atoms with Gasteiger partial charge in [0.05, 0.1) is 6.17 Å². The van der Waals surface area contributed by atoms with Gasteiger partial charge in [0, 0.05) is 16.5 Å². The molecule has 0 aliphatic carbocycles. The Labute approximate surface area is 118 Å². The van der Waals surface area contributed by atoms with Gasteiger partial charge < -0.3 is 5.32 Å². The molecule has 1 aromatic rings. The molecule has 1 aliphatic heterocycles. The summed E-state index contributed by atoms with van der Waals surface area (Å²) in [5.74, 6) is -0.318. The van der Waals surface area contributed by atoms with Gasteiger partial charge in [0.2, 0.25) is 0 Å². The lowest BCUT2D eigenvalue weighted by Crippen LogP contribution is -2.44. The number of carbonyl (C=O) groups excluding carboxylic acids is 1. The van der Waals surface area contributed by atoms with Crippen LogP contribution in [0.15, 0.2) is 29.2 Å². The number of hydrogen-bond donors (Lipinski definition) is 3. The van der Waals surface area contributed by atoms with E-state index in [0.717, 1.165) is 6.42 Å². The fourth-order valence-electron chi connectivity index (χ4n) is 1.86. The highest BCUT2D eigenvalue weighted by molar-refractivity contribution is 8.00. The molecule has 4 nitrogen and oxygen atoms in total. The smallest absolute Gasteiger partial charge is 0.335 e. The summed E-state index contributed by atoms with van der Waals surface area (Å²) in [7, 11) is 0. The summed E-state index contributed by atoms with van der Waals surface area (Å²) in [5, 5.41) is 2.75. The third-order valence-corrected chi connectivity index (χ3v) is 3.49. The number of rotatable bonds is 3. The molecule has 1 aliphatic rings. The molecule has 1 fully saturated rings. The number of amides is 1. The highest BCUT2D eigenvalue weighted by atomic mass is 32.2. The van der Waals surface area contributed by atoms with Gasteiger partial charge in [-0.25, -0.2) is 5.43 Å². The summed E-state index contributed by atoms with van der Waals surface area (Å²) in [6.07, 6.45) is 0.565. The molecule has 1 aromatic carbocycles. The molecular formula is C12H14F3N3OS. The molecular weight excluding hydrogens is 291 g/mol. The molecule has 0 spiro atoms. The van der Waals surface area contributed by atoms with Crippen LogP contribution in [0.3, 0.4) is 0 Å². The zero-order chi connectivity index (χ0) is 14.8. The van der Waals surface area contributed by atoms with E-state index in [1.54, 1.807) is 0 Å². The number of benzene rings is 1. The van der Waals surface area contributed by atoms with Crippen LogP contribution in [0.1, 0.15) is 23.7 Å². The van der Waals surface area contributed by atoms with Crippen molar-refractivity contribution >= 4 is 17.7 Å². The number of carbonyl (C=O) groups is 1. The number of nitrogens with one attached hydrogen (secondary N) is 3. The molecule has 110 valence electrons. The van der Waals surface area contributed by atoms with Gasteiger partial charge in [-0.1, -0.05) is 0 Å². The van der Waals surface area contributed by atoms with E-state index in [9.17, 15) is 18.0 Å². The SMILES string of the molecule is CC1CC(NC(=O)c2ccc(SC(F)(F)F)cc2)NN1. The van der Waals surface area contributed by atoms with Crippen LogP contribution in [-0.2, 0) is 0 Å². The Morgan fingerprint density at radius 2 is 1.95 bits per heavy atom. The lowest BCUT2D eigenvalue weighted by Gasteiger charge is -2.12. The molecule has 3 N–H and O–H groups in total. The van der Waals surface area contributed by atoms with Crippen molar-refractivity contribution in [2.24, 2.45) is 0 Å². The first kappa shape index (κ1) is 15.1. The molecule has 2 atom stereocenters. The predicted octanol–water partition coefficient (Wildman–Crippen LogP) is 2.24. The van der Waals surface area contributed by atoms with Crippen LogP contribution in [0.2, 0.25) is 0 Å². The van der Waals surface area contributed by atoms with Gasteiger partial charge in [0.1, 0.15) is 0 Å². The standard InChI is InChI=1S/C12H14F3N3OS/c1-7-6-10(18-17-7)16-11(19)8-2-4-9(5-3-8)20-12(13,14)15/h2-5,7,10,17-18H,6H2,1H3,(H,16,19). The Morgan fingerprint density at radius 3 is 2.45 bits per heavy atom. The van der Waals surface area contributed by atoms with E-state index >= 15 is 0 Å². The highest BCUT2D eigenvalue weighted by Crippen LogP contribution is 2.36. The van der Waals surface area contributed by atoms with Crippen molar-refractivity contribution in [2.45, 2.75) is 36.0 Å². The van der Waals surface area contributed by atoms with Gasteiger partial charge >= 0.3 is 5.51 Å². The summed E-state index contributed by atoms with van der Waals surface area (Å²) in [6, 6.07) is 5.60. The van der Waals surface area contributed by atoms with Gasteiger partial charge in [-0.05, 0) is 49.4 Å². The average molecular weight is 305 g/mol. The minimum absolute atomic E-state index is 0.0586. The molecule has 0 aromatic heterocycles. The summed E-state index contributed by atoms with van der Waals surface area (Å²) in [6.45, 7) is 1.97. The monoisotopic (exact) mass is 305 g/mol. The summed E-state index contributed by atoms with van der Waals surface area (Å²) >= 11 is -0.200. The lowest BCUT2D eigenvalue weighted by atomic mass is 10.2. The first-order valence-corrected chi connectivity index (χ1v) is 6.83. The van der Waals surface area contributed by atoms with E-state index < -0.39 is 5.51 Å². The first-order chi connectivity index (χ1) is 9.33. The minimum Gasteiger partial charge on any atom is -0.335 e. The van der Waals surface area contributed by atoms with Crippen molar-refractivity contribution < 1.29 is 18.0 Å². The molecule has 1 saturated heterocycles. The van der Waals surface area contributed by atoms with Crippen LogP contribution >= 0.6 is 11.8 Å². The largest absolute Gasteiger partial charge is 0.446 e. The van der Waals surface area contributed by atoms with E-state index in [2.05, 4.69) is 16.2 Å². The second-order valence-electron chi connectivity index (χ2n) is 4.52. The van der Waals surface area contributed by atoms with Gasteiger partial charge in [0.15, 0.2) is 0 Å². The summed E-state index contributed by atoms with van der Waals surface area (Å²) in [5.41, 5.74) is 1.89. The molecule has 8 heteroatoms. The van der Waals surface area contributed by atoms with Crippen LogP contribution in [0, 0.1) is 0 Å². The van der Waals surface area contributed by atoms with Gasteiger partial charge in [-0.15, -0.1) is 0 Å². The molecule has 1 heterocycles. The van der Waals surface area contributed by atoms with Crippen molar-refractivity contribution in [1.29, 1.82) is 0 Å². The van der Waals surface area contributed by atoms with Crippen molar-refractivity contribution in [3.63, 3.8) is 0 Å². The number of halogens is 3. The van der Waals surface area contributed by atoms with Crippen LogP contribution in [0.5, 0.6) is 0 Å². The van der Waals surface area contributed by atoms with Gasteiger partial charge in [-0.3, -0.25) is 10.2 Å². The van der Waals surface area contributed by atoms with E-state index in [0.29, 0.717) is 5.56 Å². The maximum absolute atomic E-state index is 12.2. The van der Waals surface area contributed by atoms with Crippen LogP contribution < -0.4 is 16.2 Å². The molecule has 0 radical (unpaired) electrons. The molecule has 0 saturated carbocycles. The zero-order valence-electron chi connectivity index (χ0n) is 10.6. The Morgan fingerprint density at radius 1 is 1.30 bits per heavy atom. The Kier molecular flexibility index (Phi) is 4.56. The molecule has 20 heavy (non-hydrogen) atoms. The number of alkyl halides is 3. The van der Waals surface area contributed by atoms with E-state index in [-0.39, 0.29) is 34.8 Å². The number of hydrazine groups is 1. The molecule has 1 amide bonds. The van der Waals surface area contributed by atoms with Crippen LogP contribution in [0.4, 0.5) is 13.2 Å². The van der Waals surface area contributed by atoms with E-state index in [1.807, 2.05) is 6.92 Å². The van der Waals surface area contributed by atoms with Crippen molar-refractivity contribution in [1.82, 2.24) is 16.2 Å². The maximum Gasteiger partial charge on any atom is 0.446 e. The highest BCUT2D eigenvalue weighted by Gasteiger charge is 2.29. The lowest BCUT2D eigenvalue weighted by molar-refractivity contribution is -0.0328. The molecule has 2 rings (SSSR count). The maximum atomic E-state index is 12.2. The van der Waals surface area contributed by atoms with Crippen molar-refractivity contribution in [3.8, 4) is 0 Å².